The highest BCUT2D eigenvalue weighted by Gasteiger charge is 2.32. The molecule has 1 N–H and O–H groups in total. The summed E-state index contributed by atoms with van der Waals surface area (Å²) < 4.78 is 31.4. The summed E-state index contributed by atoms with van der Waals surface area (Å²) in [5, 5.41) is 2.11. The van der Waals surface area contributed by atoms with Crippen molar-refractivity contribution >= 4 is 45.0 Å². The minimum absolute atomic E-state index is 0.206. The Labute approximate surface area is 149 Å². The average Bonchev–Trinajstić information content (AvgIpc) is 3.01. The number of rotatable bonds is 4. The number of carbonyl (C=O) groups is 2. The molecule has 1 aliphatic heterocycles. The van der Waals surface area contributed by atoms with E-state index in [1.807, 2.05) is 4.90 Å². The van der Waals surface area contributed by atoms with Crippen LogP contribution in [0, 0.1) is 0 Å². The highest BCUT2D eigenvalue weighted by atomic mass is 35.5. The Bertz CT molecular complexity index is 713. The molecule has 1 aromatic rings. The van der Waals surface area contributed by atoms with Crippen LogP contribution in [0.1, 0.15) is 6.92 Å². The van der Waals surface area contributed by atoms with E-state index < -0.39 is 28.1 Å². The summed E-state index contributed by atoms with van der Waals surface area (Å²) in [6, 6.07) is 2.47. The molecule has 0 bridgehead atoms. The van der Waals surface area contributed by atoms with E-state index >= 15 is 0 Å². The molecule has 2 amide bonds. The highest BCUT2D eigenvalue weighted by Crippen LogP contribution is 2.28. The second kappa shape index (κ2) is 7.79. The number of methoxy groups -OCH3 is 1. The molecule has 24 heavy (non-hydrogen) atoms. The van der Waals surface area contributed by atoms with Gasteiger partial charge in [0.15, 0.2) is 0 Å². The molecule has 0 saturated carbocycles. The van der Waals surface area contributed by atoms with Gasteiger partial charge in [-0.2, -0.15) is 4.31 Å². The molecule has 0 spiro atoms. The van der Waals surface area contributed by atoms with Crippen molar-refractivity contribution in [1.29, 1.82) is 0 Å². The molecule has 11 heteroatoms. The second-order valence-corrected chi connectivity index (χ2v) is 9.04. The molecule has 8 nitrogen and oxygen atoms in total. The van der Waals surface area contributed by atoms with Crippen LogP contribution >= 0.6 is 22.9 Å². The van der Waals surface area contributed by atoms with Crippen LogP contribution in [-0.2, 0) is 19.6 Å². The van der Waals surface area contributed by atoms with Crippen molar-refractivity contribution < 1.29 is 22.7 Å². The van der Waals surface area contributed by atoms with E-state index in [0.29, 0.717) is 17.4 Å². The fourth-order valence-electron chi connectivity index (χ4n) is 2.32. The van der Waals surface area contributed by atoms with Crippen LogP contribution < -0.4 is 5.32 Å². The Morgan fingerprint density at radius 1 is 1.29 bits per heavy atom. The molecule has 0 radical (unpaired) electrons. The van der Waals surface area contributed by atoms with Crippen LogP contribution in [0.25, 0.3) is 0 Å². The van der Waals surface area contributed by atoms with Crippen molar-refractivity contribution in [3.8, 4) is 0 Å². The minimum Gasteiger partial charge on any atom is -0.453 e. The number of amides is 2. The summed E-state index contributed by atoms with van der Waals surface area (Å²) in [6.07, 6.45) is -0.817. The van der Waals surface area contributed by atoms with Gasteiger partial charge >= 0.3 is 6.09 Å². The third-order valence-corrected chi connectivity index (χ3v) is 7.35. The first-order valence-electron chi connectivity index (χ1n) is 7.14. The lowest BCUT2D eigenvalue weighted by Gasteiger charge is -2.36. The Balaban J connectivity index is 1.96. The van der Waals surface area contributed by atoms with E-state index in [-0.39, 0.29) is 17.3 Å². The molecule has 1 atom stereocenters. The molecule has 2 heterocycles. The van der Waals surface area contributed by atoms with Crippen LogP contribution in [0.2, 0.25) is 4.34 Å². The van der Waals surface area contributed by atoms with Crippen LogP contribution in [-0.4, -0.2) is 69.0 Å². The normalized spacial score (nSPS) is 18.1. The molecule has 134 valence electrons. The van der Waals surface area contributed by atoms with Crippen LogP contribution in [0.15, 0.2) is 16.3 Å². The lowest BCUT2D eigenvalue weighted by Crippen LogP contribution is -2.55. The van der Waals surface area contributed by atoms with Gasteiger partial charge in [0.1, 0.15) is 4.21 Å². The van der Waals surface area contributed by atoms with Gasteiger partial charge in [0.25, 0.3) is 10.0 Å². The molecular weight excluding hydrogens is 378 g/mol. The maximum absolute atomic E-state index is 12.5. The van der Waals surface area contributed by atoms with Gasteiger partial charge in [-0.3, -0.25) is 15.0 Å². The molecule has 0 unspecified atom stereocenters. The van der Waals surface area contributed by atoms with E-state index in [9.17, 15) is 18.0 Å². The third-order valence-electron chi connectivity index (χ3n) is 3.75. The van der Waals surface area contributed by atoms with Gasteiger partial charge in [0.05, 0.1) is 17.5 Å². The summed E-state index contributed by atoms with van der Waals surface area (Å²) in [7, 11) is -2.39. The predicted octanol–water partition coefficient (Wildman–Crippen LogP) is 0.979. The smallest absolute Gasteiger partial charge is 0.413 e. The van der Waals surface area contributed by atoms with Gasteiger partial charge in [-0.1, -0.05) is 11.6 Å². The number of imide groups is 1. The molecule has 0 aliphatic carbocycles. The van der Waals surface area contributed by atoms with Gasteiger partial charge in [-0.05, 0) is 19.1 Å². The topological polar surface area (TPSA) is 96.0 Å². The van der Waals surface area contributed by atoms with Gasteiger partial charge in [0, 0.05) is 26.2 Å². The molecule has 0 aromatic carbocycles. The van der Waals surface area contributed by atoms with Gasteiger partial charge in [-0.25, -0.2) is 13.2 Å². The Kier molecular flexibility index (Phi) is 6.21. The summed E-state index contributed by atoms with van der Waals surface area (Å²) in [6.45, 7) is 2.94. The Morgan fingerprint density at radius 3 is 2.42 bits per heavy atom. The third kappa shape index (κ3) is 4.25. The van der Waals surface area contributed by atoms with Crippen LogP contribution in [0.5, 0.6) is 0 Å². The number of hydrogen-bond donors (Lipinski definition) is 1. The van der Waals surface area contributed by atoms with Gasteiger partial charge in [-0.15, -0.1) is 11.3 Å². The number of sulfonamides is 1. The van der Waals surface area contributed by atoms with Crippen molar-refractivity contribution in [2.24, 2.45) is 0 Å². The van der Waals surface area contributed by atoms with Gasteiger partial charge < -0.3 is 4.74 Å². The van der Waals surface area contributed by atoms with Gasteiger partial charge in [0.2, 0.25) is 5.91 Å². The zero-order valence-electron chi connectivity index (χ0n) is 13.2. The Hall–Kier alpha value is -1.20. The zero-order valence-corrected chi connectivity index (χ0v) is 15.6. The predicted molar refractivity (Wildman–Crippen MR) is 89.7 cm³/mol. The van der Waals surface area contributed by atoms with Crippen molar-refractivity contribution in [2.75, 3.05) is 33.3 Å². The minimum atomic E-state index is -3.57. The van der Waals surface area contributed by atoms with Crippen LogP contribution in [0.4, 0.5) is 4.79 Å². The number of ether oxygens (including phenoxy) is 1. The molecule has 1 aromatic heterocycles. The number of halogens is 1. The molecule has 1 saturated heterocycles. The first kappa shape index (κ1) is 19.1. The first-order valence-corrected chi connectivity index (χ1v) is 9.77. The summed E-state index contributed by atoms with van der Waals surface area (Å²) in [4.78, 5) is 24.8. The molecule has 2 rings (SSSR count). The fourth-order valence-corrected chi connectivity index (χ4v) is 5.38. The van der Waals surface area contributed by atoms with E-state index in [4.69, 9.17) is 11.6 Å². The SMILES string of the molecule is COC(=O)NC(=O)[C@@H](C)N1CCN(S(=O)(=O)c2ccc(Cl)s2)CC1. The van der Waals surface area contributed by atoms with E-state index in [1.165, 1.54) is 17.5 Å². The van der Waals surface area contributed by atoms with E-state index in [0.717, 1.165) is 11.3 Å². The number of alkyl carbamates (subject to hydrolysis) is 1. The number of nitrogens with zero attached hydrogens (tertiary/aromatic N) is 2. The standard InChI is InChI=1S/C13H18ClN3O5S2/c1-9(12(18)15-13(19)22-2)16-5-7-17(8-6-16)24(20,21)11-4-3-10(14)23-11/h3-4,9H,5-8H2,1-2H3,(H,15,18,19)/t9-/m1/s1. The number of hydrogen-bond acceptors (Lipinski definition) is 7. The number of thiophene rings is 1. The van der Waals surface area contributed by atoms with Crippen LogP contribution in [0.3, 0.4) is 0 Å². The number of nitrogens with one attached hydrogen (secondary N) is 1. The van der Waals surface area contributed by atoms with Crippen molar-refractivity contribution in [3.63, 3.8) is 0 Å². The fraction of sp³-hybridized carbons (Fsp3) is 0.538. The maximum atomic E-state index is 12.5. The quantitative estimate of drug-likeness (QED) is 0.816. The van der Waals surface area contributed by atoms with Crippen molar-refractivity contribution in [1.82, 2.24) is 14.5 Å². The lowest BCUT2D eigenvalue weighted by atomic mass is 10.2. The van der Waals surface area contributed by atoms with E-state index in [1.54, 1.807) is 13.0 Å². The molecule has 1 fully saturated rings. The monoisotopic (exact) mass is 395 g/mol. The summed E-state index contributed by atoms with van der Waals surface area (Å²) >= 11 is 6.82. The van der Waals surface area contributed by atoms with E-state index in [2.05, 4.69) is 10.1 Å². The molecular formula is C13H18ClN3O5S2. The highest BCUT2D eigenvalue weighted by molar-refractivity contribution is 7.91. The maximum Gasteiger partial charge on any atom is 0.413 e. The zero-order chi connectivity index (χ0) is 17.9. The second-order valence-electron chi connectivity index (χ2n) is 5.16. The summed E-state index contributed by atoms with van der Waals surface area (Å²) in [5.41, 5.74) is 0. The lowest BCUT2D eigenvalue weighted by molar-refractivity contribution is -0.125. The number of piperazine rings is 1. The first-order chi connectivity index (χ1) is 11.3. The summed E-state index contributed by atoms with van der Waals surface area (Å²) in [5.74, 6) is -0.483. The average molecular weight is 396 g/mol. The van der Waals surface area contributed by atoms with Crippen molar-refractivity contribution in [3.05, 3.63) is 16.5 Å². The largest absolute Gasteiger partial charge is 0.453 e. The van der Waals surface area contributed by atoms with Crippen molar-refractivity contribution in [2.45, 2.75) is 17.2 Å². The molecule has 1 aliphatic rings. The Morgan fingerprint density at radius 2 is 1.92 bits per heavy atom. The number of carbonyl (C=O) groups excluding carboxylic acids is 2.